The van der Waals surface area contributed by atoms with Crippen molar-refractivity contribution in [2.45, 2.75) is 32.0 Å². The Morgan fingerprint density at radius 3 is 2.81 bits per heavy atom. The number of hydrogen-bond acceptors (Lipinski definition) is 2. The zero-order valence-electron chi connectivity index (χ0n) is 11.9. The van der Waals surface area contributed by atoms with Crippen molar-refractivity contribution in [3.63, 3.8) is 0 Å². The Hall–Kier alpha value is -1.39. The molecule has 0 fully saturated rings. The summed E-state index contributed by atoms with van der Waals surface area (Å²) in [6, 6.07) is 10.3. The number of rotatable bonds is 2. The van der Waals surface area contributed by atoms with E-state index < -0.39 is 6.10 Å². The second-order valence-corrected chi connectivity index (χ2v) is 6.74. The Labute approximate surface area is 131 Å². The molecule has 4 heteroatoms. The number of ether oxygens (including phenoxy) is 1. The van der Waals surface area contributed by atoms with Crippen LogP contribution in [0.4, 0.5) is 4.39 Å². The predicted molar refractivity (Wildman–Crippen MR) is 83.0 cm³/mol. The van der Waals surface area contributed by atoms with Crippen LogP contribution < -0.4 is 4.74 Å². The second-order valence-electron chi connectivity index (χ2n) is 5.95. The van der Waals surface area contributed by atoms with Crippen molar-refractivity contribution < 1.29 is 14.2 Å². The Balaban J connectivity index is 1.97. The minimum absolute atomic E-state index is 0.217. The number of aliphatic hydroxyl groups is 1. The van der Waals surface area contributed by atoms with Gasteiger partial charge in [-0.15, -0.1) is 0 Å². The molecule has 0 aliphatic carbocycles. The SMILES string of the molecule is CC1(C)Cc2cc(C(O)c3cccc(F)c3Br)ccc2O1. The van der Waals surface area contributed by atoms with Gasteiger partial charge in [0.2, 0.25) is 0 Å². The fraction of sp³-hybridized carbons (Fsp3) is 0.294. The lowest BCUT2D eigenvalue weighted by Gasteiger charge is -2.16. The van der Waals surface area contributed by atoms with E-state index in [1.54, 1.807) is 12.1 Å². The largest absolute Gasteiger partial charge is 0.487 e. The molecule has 2 aromatic rings. The number of halogens is 2. The summed E-state index contributed by atoms with van der Waals surface area (Å²) in [5.41, 5.74) is 2.12. The molecule has 110 valence electrons. The van der Waals surface area contributed by atoms with Gasteiger partial charge < -0.3 is 9.84 Å². The Morgan fingerprint density at radius 2 is 2.05 bits per heavy atom. The molecule has 0 amide bonds. The Bertz CT molecular complexity index is 697. The van der Waals surface area contributed by atoms with E-state index in [2.05, 4.69) is 15.9 Å². The zero-order chi connectivity index (χ0) is 15.2. The predicted octanol–water partition coefficient (Wildman–Crippen LogP) is 4.38. The Kier molecular flexibility index (Phi) is 3.54. The van der Waals surface area contributed by atoms with Gasteiger partial charge in [-0.05, 0) is 59.1 Å². The van der Waals surface area contributed by atoms with Gasteiger partial charge in [0.1, 0.15) is 23.3 Å². The Morgan fingerprint density at radius 1 is 1.29 bits per heavy atom. The highest BCUT2D eigenvalue weighted by Gasteiger charge is 2.30. The summed E-state index contributed by atoms with van der Waals surface area (Å²) in [7, 11) is 0. The minimum Gasteiger partial charge on any atom is -0.487 e. The third-order valence-electron chi connectivity index (χ3n) is 3.68. The summed E-state index contributed by atoms with van der Waals surface area (Å²) < 4.78 is 19.7. The van der Waals surface area contributed by atoms with Gasteiger partial charge in [-0.25, -0.2) is 4.39 Å². The molecule has 0 saturated heterocycles. The smallest absolute Gasteiger partial charge is 0.137 e. The van der Waals surface area contributed by atoms with Crippen LogP contribution in [0.25, 0.3) is 0 Å². The van der Waals surface area contributed by atoms with Crippen molar-refractivity contribution in [1.82, 2.24) is 0 Å². The molecular weight excluding hydrogens is 335 g/mol. The van der Waals surface area contributed by atoms with E-state index >= 15 is 0 Å². The molecule has 1 N–H and O–H groups in total. The molecule has 1 aliphatic rings. The third kappa shape index (κ3) is 2.70. The van der Waals surface area contributed by atoms with Gasteiger partial charge in [0.15, 0.2) is 0 Å². The van der Waals surface area contributed by atoms with Crippen molar-refractivity contribution in [2.24, 2.45) is 0 Å². The van der Waals surface area contributed by atoms with Gasteiger partial charge in [-0.1, -0.05) is 18.2 Å². The van der Waals surface area contributed by atoms with Gasteiger partial charge in [0, 0.05) is 12.0 Å². The van der Waals surface area contributed by atoms with Gasteiger partial charge in [0.05, 0.1) is 4.47 Å². The summed E-state index contributed by atoms with van der Waals surface area (Å²) in [5, 5.41) is 10.5. The lowest BCUT2D eigenvalue weighted by molar-refractivity contribution is 0.138. The van der Waals surface area contributed by atoms with E-state index in [9.17, 15) is 9.50 Å². The lowest BCUT2D eigenvalue weighted by Crippen LogP contribution is -2.24. The van der Waals surface area contributed by atoms with E-state index in [1.807, 2.05) is 32.0 Å². The standard InChI is InChI=1S/C17H16BrFO2/c1-17(2)9-11-8-10(6-7-14(11)21-17)16(20)12-4-3-5-13(19)15(12)18/h3-8,16,20H,9H2,1-2H3. The fourth-order valence-corrected chi connectivity index (χ4v) is 3.19. The van der Waals surface area contributed by atoms with Gasteiger partial charge in [-0.3, -0.25) is 0 Å². The molecular formula is C17H16BrFO2. The summed E-state index contributed by atoms with van der Waals surface area (Å²) >= 11 is 3.20. The van der Waals surface area contributed by atoms with Crippen LogP contribution in [0.5, 0.6) is 5.75 Å². The van der Waals surface area contributed by atoms with Crippen LogP contribution in [-0.4, -0.2) is 10.7 Å². The monoisotopic (exact) mass is 350 g/mol. The fourth-order valence-electron chi connectivity index (χ4n) is 2.71. The number of aliphatic hydroxyl groups excluding tert-OH is 1. The molecule has 0 saturated carbocycles. The normalized spacial score (nSPS) is 17.2. The molecule has 1 heterocycles. The lowest BCUT2D eigenvalue weighted by atomic mass is 9.96. The molecule has 21 heavy (non-hydrogen) atoms. The minimum atomic E-state index is -0.871. The maximum Gasteiger partial charge on any atom is 0.137 e. The van der Waals surface area contributed by atoms with Crippen molar-refractivity contribution in [3.8, 4) is 5.75 Å². The van der Waals surface area contributed by atoms with Crippen LogP contribution in [0.15, 0.2) is 40.9 Å². The van der Waals surface area contributed by atoms with Crippen LogP contribution in [-0.2, 0) is 6.42 Å². The number of fused-ring (bicyclic) bond motifs is 1. The molecule has 2 aromatic carbocycles. The summed E-state index contributed by atoms with van der Waals surface area (Å²) in [5.74, 6) is 0.478. The van der Waals surface area contributed by atoms with E-state index in [4.69, 9.17) is 4.74 Å². The van der Waals surface area contributed by atoms with Crippen molar-refractivity contribution in [2.75, 3.05) is 0 Å². The highest BCUT2D eigenvalue weighted by molar-refractivity contribution is 9.10. The first-order valence-corrected chi connectivity index (χ1v) is 7.60. The van der Waals surface area contributed by atoms with Crippen LogP contribution in [0.1, 0.15) is 36.6 Å². The molecule has 0 aromatic heterocycles. The van der Waals surface area contributed by atoms with E-state index in [0.717, 1.165) is 23.3 Å². The molecule has 2 nitrogen and oxygen atoms in total. The van der Waals surface area contributed by atoms with Gasteiger partial charge in [-0.2, -0.15) is 0 Å². The van der Waals surface area contributed by atoms with Crippen molar-refractivity contribution in [3.05, 3.63) is 63.4 Å². The number of hydrogen-bond donors (Lipinski definition) is 1. The number of benzene rings is 2. The first-order chi connectivity index (χ1) is 9.87. The highest BCUT2D eigenvalue weighted by Crippen LogP contribution is 2.38. The maximum absolute atomic E-state index is 13.6. The van der Waals surface area contributed by atoms with Gasteiger partial charge in [0.25, 0.3) is 0 Å². The topological polar surface area (TPSA) is 29.5 Å². The quantitative estimate of drug-likeness (QED) is 0.870. The first kappa shape index (κ1) is 14.5. The molecule has 0 bridgehead atoms. The highest BCUT2D eigenvalue weighted by atomic mass is 79.9. The van der Waals surface area contributed by atoms with Crippen molar-refractivity contribution in [1.29, 1.82) is 0 Å². The molecule has 0 radical (unpaired) electrons. The average molecular weight is 351 g/mol. The molecule has 1 atom stereocenters. The van der Waals surface area contributed by atoms with Crippen molar-refractivity contribution >= 4 is 15.9 Å². The first-order valence-electron chi connectivity index (χ1n) is 6.81. The molecule has 0 spiro atoms. The third-order valence-corrected chi connectivity index (χ3v) is 4.52. The van der Waals surface area contributed by atoms with Crippen LogP contribution in [0.3, 0.4) is 0 Å². The van der Waals surface area contributed by atoms with E-state index in [-0.39, 0.29) is 11.4 Å². The van der Waals surface area contributed by atoms with Crippen LogP contribution in [0, 0.1) is 5.82 Å². The van der Waals surface area contributed by atoms with E-state index in [1.165, 1.54) is 6.07 Å². The summed E-state index contributed by atoms with van der Waals surface area (Å²) in [4.78, 5) is 0. The zero-order valence-corrected chi connectivity index (χ0v) is 13.4. The second kappa shape index (κ2) is 5.11. The average Bonchev–Trinajstić information content (AvgIpc) is 2.73. The summed E-state index contributed by atoms with van der Waals surface area (Å²) in [6.07, 6.45) is -0.0724. The molecule has 1 unspecified atom stereocenters. The van der Waals surface area contributed by atoms with E-state index in [0.29, 0.717) is 10.0 Å². The van der Waals surface area contributed by atoms with Gasteiger partial charge >= 0.3 is 0 Å². The van der Waals surface area contributed by atoms with Crippen LogP contribution in [0.2, 0.25) is 0 Å². The van der Waals surface area contributed by atoms with Crippen LogP contribution >= 0.6 is 15.9 Å². The molecule has 3 rings (SSSR count). The summed E-state index contributed by atoms with van der Waals surface area (Å²) in [6.45, 7) is 4.07. The molecule has 1 aliphatic heterocycles. The maximum atomic E-state index is 13.6.